The first-order valence-corrected chi connectivity index (χ1v) is 4.13. The molecule has 1 unspecified atom stereocenters. The van der Waals surface area contributed by atoms with E-state index < -0.39 is 11.6 Å². The van der Waals surface area contributed by atoms with E-state index in [4.69, 9.17) is 5.73 Å². The van der Waals surface area contributed by atoms with E-state index in [1.807, 2.05) is 0 Å². The molecule has 4 heteroatoms. The molecule has 0 aliphatic carbocycles. The van der Waals surface area contributed by atoms with Crippen LogP contribution in [0, 0.1) is 11.6 Å². The van der Waals surface area contributed by atoms with Crippen molar-refractivity contribution in [3.63, 3.8) is 0 Å². The van der Waals surface area contributed by atoms with Crippen LogP contribution in [0.2, 0.25) is 0 Å². The van der Waals surface area contributed by atoms with E-state index in [9.17, 15) is 8.78 Å². The maximum Gasteiger partial charge on any atom is 0.163 e. The largest absolute Gasteiger partial charge is 0.323 e. The van der Waals surface area contributed by atoms with Crippen LogP contribution in [0.25, 0.3) is 0 Å². The lowest BCUT2D eigenvalue weighted by molar-refractivity contribution is 0.468. The van der Waals surface area contributed by atoms with Gasteiger partial charge in [0.15, 0.2) is 11.6 Å². The Hall–Kier alpha value is -1.00. The third kappa shape index (κ3) is 1.32. The van der Waals surface area contributed by atoms with Crippen LogP contribution in [0.1, 0.15) is 17.2 Å². The fourth-order valence-electron chi connectivity index (χ4n) is 1.60. The molecule has 1 aromatic carbocycles. The molecule has 2 nitrogen and oxygen atoms in total. The zero-order chi connectivity index (χ0) is 9.42. The van der Waals surface area contributed by atoms with E-state index >= 15 is 0 Å². The van der Waals surface area contributed by atoms with Gasteiger partial charge in [0.1, 0.15) is 0 Å². The van der Waals surface area contributed by atoms with Gasteiger partial charge in [-0.2, -0.15) is 0 Å². The fraction of sp³-hybridized carbons (Fsp3) is 0.333. The number of halogens is 2. The summed E-state index contributed by atoms with van der Waals surface area (Å²) in [6, 6.07) is 2.44. The van der Waals surface area contributed by atoms with Crippen LogP contribution in [0.5, 0.6) is 0 Å². The summed E-state index contributed by atoms with van der Waals surface area (Å²) in [4.78, 5) is 0. The van der Waals surface area contributed by atoms with Crippen molar-refractivity contribution in [1.29, 1.82) is 0 Å². The maximum absolute atomic E-state index is 13.2. The summed E-state index contributed by atoms with van der Waals surface area (Å²) in [5, 5.41) is 2.93. The normalized spacial score (nSPS) is 21.3. The molecule has 3 N–H and O–H groups in total. The quantitative estimate of drug-likeness (QED) is 0.633. The molecule has 70 valence electrons. The molecule has 1 atom stereocenters. The van der Waals surface area contributed by atoms with Gasteiger partial charge in [-0.05, 0) is 11.6 Å². The summed E-state index contributed by atoms with van der Waals surface area (Å²) in [5.41, 5.74) is 6.78. The van der Waals surface area contributed by atoms with Crippen molar-refractivity contribution in [2.75, 3.05) is 6.54 Å². The summed E-state index contributed by atoms with van der Waals surface area (Å²) >= 11 is 0. The molecule has 1 aromatic rings. The van der Waals surface area contributed by atoms with Crippen LogP contribution < -0.4 is 11.1 Å². The first kappa shape index (κ1) is 8.59. The van der Waals surface area contributed by atoms with Gasteiger partial charge >= 0.3 is 0 Å². The molecule has 13 heavy (non-hydrogen) atoms. The monoisotopic (exact) mass is 184 g/mol. The highest BCUT2D eigenvalue weighted by molar-refractivity contribution is 5.33. The summed E-state index contributed by atoms with van der Waals surface area (Å²) in [7, 11) is 0. The van der Waals surface area contributed by atoms with Crippen molar-refractivity contribution in [1.82, 2.24) is 5.32 Å². The zero-order valence-corrected chi connectivity index (χ0v) is 6.98. The topological polar surface area (TPSA) is 38.0 Å². The molecule has 0 saturated carbocycles. The van der Waals surface area contributed by atoms with E-state index in [2.05, 4.69) is 5.32 Å². The average Bonchev–Trinajstić information content (AvgIpc) is 2.12. The third-order valence-corrected chi connectivity index (χ3v) is 2.30. The molecule has 0 saturated heterocycles. The van der Waals surface area contributed by atoms with Crippen LogP contribution in [-0.4, -0.2) is 6.54 Å². The molecular weight excluding hydrogens is 174 g/mol. The van der Waals surface area contributed by atoms with E-state index in [0.717, 1.165) is 6.07 Å². The number of fused-ring (bicyclic) bond motifs is 1. The Morgan fingerprint density at radius 1 is 1.38 bits per heavy atom. The van der Waals surface area contributed by atoms with Crippen molar-refractivity contribution in [2.45, 2.75) is 12.6 Å². The highest BCUT2D eigenvalue weighted by Crippen LogP contribution is 2.24. The summed E-state index contributed by atoms with van der Waals surface area (Å²) in [6.45, 7) is 0.963. The maximum atomic E-state index is 13.2. The minimum absolute atomic E-state index is 0.237. The van der Waals surface area contributed by atoms with Crippen LogP contribution >= 0.6 is 0 Å². The van der Waals surface area contributed by atoms with E-state index in [0.29, 0.717) is 24.2 Å². The third-order valence-electron chi connectivity index (χ3n) is 2.30. The number of hydrogen-bond acceptors (Lipinski definition) is 2. The Morgan fingerprint density at radius 3 is 2.92 bits per heavy atom. The van der Waals surface area contributed by atoms with E-state index in [1.165, 1.54) is 0 Å². The minimum Gasteiger partial charge on any atom is -0.323 e. The Kier molecular flexibility index (Phi) is 2.01. The minimum atomic E-state index is -0.811. The van der Waals surface area contributed by atoms with Crippen molar-refractivity contribution in [3.8, 4) is 0 Å². The smallest absolute Gasteiger partial charge is 0.163 e. The van der Waals surface area contributed by atoms with Gasteiger partial charge in [-0.25, -0.2) is 8.78 Å². The second-order valence-corrected chi connectivity index (χ2v) is 3.17. The average molecular weight is 184 g/mol. The van der Waals surface area contributed by atoms with E-state index in [1.54, 1.807) is 6.07 Å². The van der Waals surface area contributed by atoms with Gasteiger partial charge in [-0.1, -0.05) is 6.07 Å². The van der Waals surface area contributed by atoms with Gasteiger partial charge in [-0.3, -0.25) is 0 Å². The molecule has 0 aromatic heterocycles. The predicted octanol–water partition coefficient (Wildman–Crippen LogP) is 1.07. The Morgan fingerprint density at radius 2 is 2.15 bits per heavy atom. The standard InChI is InChI=1S/C9H10F2N2/c10-7-2-1-5-6(9(7)11)3-13-4-8(5)12/h1-2,8,13H,3-4,12H2. The van der Waals surface area contributed by atoms with Gasteiger partial charge in [0.2, 0.25) is 0 Å². The van der Waals surface area contributed by atoms with Crippen LogP contribution in [-0.2, 0) is 6.54 Å². The second-order valence-electron chi connectivity index (χ2n) is 3.17. The molecule has 0 amide bonds. The molecule has 1 heterocycles. The predicted molar refractivity (Wildman–Crippen MR) is 45.0 cm³/mol. The summed E-state index contributed by atoms with van der Waals surface area (Å²) in [5.74, 6) is -1.59. The molecule has 0 radical (unpaired) electrons. The Labute approximate surface area is 74.7 Å². The van der Waals surface area contributed by atoms with Crippen LogP contribution in [0.15, 0.2) is 12.1 Å². The lowest BCUT2D eigenvalue weighted by atomic mass is 9.97. The molecular formula is C9H10F2N2. The highest BCUT2D eigenvalue weighted by atomic mass is 19.2. The van der Waals surface area contributed by atoms with Gasteiger partial charge in [0, 0.05) is 24.7 Å². The summed E-state index contributed by atoms with van der Waals surface area (Å²) in [6.07, 6.45) is 0. The van der Waals surface area contributed by atoms with Crippen LogP contribution in [0.3, 0.4) is 0 Å². The number of nitrogens with one attached hydrogen (secondary N) is 1. The Bertz CT molecular complexity index is 339. The lowest BCUT2D eigenvalue weighted by Gasteiger charge is -2.23. The molecule has 1 aliphatic heterocycles. The highest BCUT2D eigenvalue weighted by Gasteiger charge is 2.21. The first-order valence-electron chi connectivity index (χ1n) is 4.13. The van der Waals surface area contributed by atoms with Crippen LogP contribution in [0.4, 0.5) is 8.78 Å². The first-order chi connectivity index (χ1) is 6.20. The van der Waals surface area contributed by atoms with Crippen molar-refractivity contribution >= 4 is 0 Å². The SMILES string of the molecule is NC1CNCc2c1ccc(F)c2F. The lowest BCUT2D eigenvalue weighted by Crippen LogP contribution is -2.33. The fourth-order valence-corrected chi connectivity index (χ4v) is 1.60. The van der Waals surface area contributed by atoms with Gasteiger partial charge in [-0.15, -0.1) is 0 Å². The number of rotatable bonds is 0. The van der Waals surface area contributed by atoms with Gasteiger partial charge < -0.3 is 11.1 Å². The van der Waals surface area contributed by atoms with Crippen molar-refractivity contribution in [2.24, 2.45) is 5.73 Å². The number of benzene rings is 1. The molecule has 0 fully saturated rings. The molecule has 2 rings (SSSR count). The number of hydrogen-bond donors (Lipinski definition) is 2. The zero-order valence-electron chi connectivity index (χ0n) is 6.98. The molecule has 0 bridgehead atoms. The van der Waals surface area contributed by atoms with Crippen molar-refractivity contribution in [3.05, 3.63) is 34.9 Å². The Balaban J connectivity index is 2.56. The molecule has 1 aliphatic rings. The number of nitrogens with two attached hydrogens (primary N) is 1. The summed E-state index contributed by atoms with van der Waals surface area (Å²) < 4.78 is 26.0. The van der Waals surface area contributed by atoms with Crippen molar-refractivity contribution < 1.29 is 8.78 Å². The van der Waals surface area contributed by atoms with Gasteiger partial charge in [0.05, 0.1) is 0 Å². The van der Waals surface area contributed by atoms with E-state index in [-0.39, 0.29) is 6.04 Å². The molecule has 0 spiro atoms. The van der Waals surface area contributed by atoms with Gasteiger partial charge in [0.25, 0.3) is 0 Å². The second kappa shape index (κ2) is 3.05.